The van der Waals surface area contributed by atoms with Gasteiger partial charge in [-0.05, 0) is 55.3 Å². The summed E-state index contributed by atoms with van der Waals surface area (Å²) >= 11 is 0. The molecule has 0 bridgehead atoms. The zero-order chi connectivity index (χ0) is 12.3. The highest BCUT2D eigenvalue weighted by Gasteiger charge is 2.23. The van der Waals surface area contributed by atoms with Crippen LogP contribution in [0.25, 0.3) is 0 Å². The van der Waals surface area contributed by atoms with Gasteiger partial charge in [-0.1, -0.05) is 44.5 Å². The monoisotopic (exact) mass is 231 g/mol. The average Bonchev–Trinajstić information content (AvgIpc) is 2.25. The summed E-state index contributed by atoms with van der Waals surface area (Å²) in [6, 6.07) is 9.28. The van der Waals surface area contributed by atoms with Crippen molar-refractivity contribution in [3.63, 3.8) is 0 Å². The van der Waals surface area contributed by atoms with E-state index in [1.54, 1.807) is 5.56 Å². The van der Waals surface area contributed by atoms with Crippen molar-refractivity contribution in [1.29, 1.82) is 0 Å². The minimum absolute atomic E-state index is 0.281. The Bertz CT molecular complexity index is 364. The maximum atomic E-state index is 3.25. The van der Waals surface area contributed by atoms with Crippen LogP contribution in [0.15, 0.2) is 24.3 Å². The van der Waals surface area contributed by atoms with Crippen LogP contribution in [0.3, 0.4) is 0 Å². The number of hydrogen-bond donors (Lipinski definition) is 1. The molecule has 94 valence electrons. The van der Waals surface area contributed by atoms with Gasteiger partial charge < -0.3 is 5.32 Å². The lowest BCUT2D eigenvalue weighted by Gasteiger charge is -2.29. The summed E-state index contributed by atoms with van der Waals surface area (Å²) < 4.78 is 0. The normalized spacial score (nSPS) is 16.9. The van der Waals surface area contributed by atoms with Crippen molar-refractivity contribution in [2.45, 2.75) is 50.9 Å². The largest absolute Gasteiger partial charge is 0.320 e. The summed E-state index contributed by atoms with van der Waals surface area (Å²) in [7, 11) is 2.03. The van der Waals surface area contributed by atoms with Gasteiger partial charge in [0.05, 0.1) is 0 Å². The Balaban J connectivity index is 2.13. The fourth-order valence-corrected chi connectivity index (χ4v) is 2.54. The van der Waals surface area contributed by atoms with E-state index in [1.807, 2.05) is 7.05 Å². The maximum absolute atomic E-state index is 3.25. The molecule has 1 N–H and O–H groups in total. The second kappa shape index (κ2) is 5.22. The molecule has 0 aromatic heterocycles. The molecule has 1 aromatic carbocycles. The Morgan fingerprint density at radius 2 is 2.06 bits per heavy atom. The minimum atomic E-state index is 0.281. The molecular weight excluding hydrogens is 206 g/mol. The Labute approximate surface area is 106 Å². The predicted molar refractivity (Wildman–Crippen MR) is 74.6 cm³/mol. The van der Waals surface area contributed by atoms with Crippen molar-refractivity contribution in [1.82, 2.24) is 5.32 Å². The summed E-state index contributed by atoms with van der Waals surface area (Å²) in [5, 5.41) is 3.25. The van der Waals surface area contributed by atoms with Crippen LogP contribution in [-0.2, 0) is 5.41 Å². The molecule has 0 amide bonds. The average molecular weight is 231 g/mol. The van der Waals surface area contributed by atoms with Crippen LogP contribution < -0.4 is 5.32 Å². The molecule has 0 heterocycles. The zero-order valence-corrected chi connectivity index (χ0v) is 11.4. The van der Waals surface area contributed by atoms with E-state index in [2.05, 4.69) is 43.4 Å². The van der Waals surface area contributed by atoms with Gasteiger partial charge in [0.15, 0.2) is 0 Å². The van der Waals surface area contributed by atoms with E-state index in [0.717, 1.165) is 12.5 Å². The van der Waals surface area contributed by atoms with E-state index in [9.17, 15) is 0 Å². The van der Waals surface area contributed by atoms with Crippen LogP contribution in [0.1, 0.15) is 56.6 Å². The van der Waals surface area contributed by atoms with Gasteiger partial charge in [0.25, 0.3) is 0 Å². The van der Waals surface area contributed by atoms with Gasteiger partial charge in [-0.15, -0.1) is 0 Å². The molecule has 1 heteroatoms. The molecule has 1 aliphatic rings. The molecule has 1 fully saturated rings. The van der Waals surface area contributed by atoms with E-state index in [0.29, 0.717) is 0 Å². The van der Waals surface area contributed by atoms with Crippen LogP contribution in [0.4, 0.5) is 0 Å². The molecule has 1 nitrogen and oxygen atoms in total. The summed E-state index contributed by atoms with van der Waals surface area (Å²) in [6.45, 7) is 5.79. The molecule has 1 saturated carbocycles. The quantitative estimate of drug-likeness (QED) is 0.812. The van der Waals surface area contributed by atoms with Crippen LogP contribution in [0.5, 0.6) is 0 Å². The number of rotatable bonds is 5. The van der Waals surface area contributed by atoms with Gasteiger partial charge in [-0.25, -0.2) is 0 Å². The Kier molecular flexibility index (Phi) is 3.88. The Morgan fingerprint density at radius 1 is 1.29 bits per heavy atom. The smallest absolute Gasteiger partial charge is 0.00436 e. The van der Waals surface area contributed by atoms with Gasteiger partial charge in [0.2, 0.25) is 0 Å². The molecule has 17 heavy (non-hydrogen) atoms. The van der Waals surface area contributed by atoms with E-state index in [-0.39, 0.29) is 5.41 Å². The highest BCUT2D eigenvalue weighted by molar-refractivity contribution is 5.32. The summed E-state index contributed by atoms with van der Waals surface area (Å²) in [5.41, 5.74) is 3.34. The van der Waals surface area contributed by atoms with Crippen molar-refractivity contribution in [3.05, 3.63) is 35.4 Å². The highest BCUT2D eigenvalue weighted by Crippen LogP contribution is 2.38. The van der Waals surface area contributed by atoms with Gasteiger partial charge >= 0.3 is 0 Å². The van der Waals surface area contributed by atoms with Gasteiger partial charge in [-0.2, -0.15) is 0 Å². The maximum Gasteiger partial charge on any atom is -0.00436 e. The molecule has 0 atom stereocenters. The molecule has 0 radical (unpaired) electrons. The first kappa shape index (κ1) is 12.6. The van der Waals surface area contributed by atoms with Crippen LogP contribution in [-0.4, -0.2) is 13.6 Å². The van der Waals surface area contributed by atoms with Crippen LogP contribution in [0.2, 0.25) is 0 Å². The van der Waals surface area contributed by atoms with E-state index >= 15 is 0 Å². The van der Waals surface area contributed by atoms with Gasteiger partial charge in [0.1, 0.15) is 0 Å². The van der Waals surface area contributed by atoms with Crippen LogP contribution >= 0.6 is 0 Å². The number of benzene rings is 1. The third-order valence-electron chi connectivity index (χ3n) is 4.24. The third-order valence-corrected chi connectivity index (χ3v) is 4.24. The van der Waals surface area contributed by atoms with Gasteiger partial charge in [-0.3, -0.25) is 0 Å². The summed E-state index contributed by atoms with van der Waals surface area (Å²) in [5.74, 6) is 0.843. The first-order valence-corrected chi connectivity index (χ1v) is 6.88. The first-order valence-electron chi connectivity index (χ1n) is 6.88. The molecule has 0 aliphatic heterocycles. The van der Waals surface area contributed by atoms with Crippen molar-refractivity contribution < 1.29 is 0 Å². The van der Waals surface area contributed by atoms with Gasteiger partial charge in [0, 0.05) is 0 Å². The van der Waals surface area contributed by atoms with Crippen LogP contribution in [0, 0.1) is 0 Å². The first-order chi connectivity index (χ1) is 8.13. The van der Waals surface area contributed by atoms with Crippen molar-refractivity contribution >= 4 is 0 Å². The molecule has 2 rings (SSSR count). The van der Waals surface area contributed by atoms with Crippen molar-refractivity contribution in [2.75, 3.05) is 13.6 Å². The Morgan fingerprint density at radius 3 is 2.65 bits per heavy atom. The highest BCUT2D eigenvalue weighted by atomic mass is 14.8. The van der Waals surface area contributed by atoms with E-state index < -0.39 is 0 Å². The summed E-state index contributed by atoms with van der Waals surface area (Å²) in [6.07, 6.45) is 5.39. The van der Waals surface area contributed by atoms with Crippen molar-refractivity contribution in [3.8, 4) is 0 Å². The predicted octanol–water partition coefficient (Wildman–Crippen LogP) is 3.84. The lowest BCUT2D eigenvalue weighted by molar-refractivity contribution is 0.417. The number of nitrogens with one attached hydrogen (secondary N) is 1. The molecule has 0 spiro atoms. The molecule has 1 aromatic rings. The van der Waals surface area contributed by atoms with Crippen molar-refractivity contribution in [2.24, 2.45) is 0 Å². The second-order valence-corrected chi connectivity index (χ2v) is 5.99. The Hall–Kier alpha value is -0.820. The SMILES string of the molecule is CNCCC(C)(C)c1cccc(C2CCC2)c1. The van der Waals surface area contributed by atoms with E-state index in [4.69, 9.17) is 0 Å². The fraction of sp³-hybridized carbons (Fsp3) is 0.625. The topological polar surface area (TPSA) is 12.0 Å². The fourth-order valence-electron chi connectivity index (χ4n) is 2.54. The minimum Gasteiger partial charge on any atom is -0.320 e. The standard InChI is InChI=1S/C16H25N/c1-16(2,10-11-17-3)15-9-5-8-14(12-15)13-6-4-7-13/h5,8-9,12-13,17H,4,6-7,10-11H2,1-3H3. The second-order valence-electron chi connectivity index (χ2n) is 5.99. The lowest BCUT2D eigenvalue weighted by atomic mass is 9.76. The van der Waals surface area contributed by atoms with E-state index in [1.165, 1.54) is 31.2 Å². The lowest BCUT2D eigenvalue weighted by Crippen LogP contribution is -2.24. The third kappa shape index (κ3) is 2.90. The zero-order valence-electron chi connectivity index (χ0n) is 11.4. The molecule has 1 aliphatic carbocycles. The molecule has 0 saturated heterocycles. The summed E-state index contributed by atoms with van der Waals surface area (Å²) in [4.78, 5) is 0. The molecule has 0 unspecified atom stereocenters. The number of hydrogen-bond acceptors (Lipinski definition) is 1. The molecular formula is C16H25N.